The Labute approximate surface area is 261 Å². The molecule has 0 atom stereocenters. The quantitative estimate of drug-likeness (QED) is 0.183. The second-order valence-electron chi connectivity index (χ2n) is 10.3. The van der Waals surface area contributed by atoms with Gasteiger partial charge in [-0.3, -0.25) is 10.1 Å². The van der Waals surface area contributed by atoms with E-state index in [2.05, 4.69) is 25.6 Å². The Balaban J connectivity index is 1.49. The fraction of sp³-hybridized carbons (Fsp3) is 0.200. The van der Waals surface area contributed by atoms with E-state index in [1.54, 1.807) is 66.7 Å². The van der Waals surface area contributed by atoms with E-state index in [1.807, 2.05) is 0 Å². The van der Waals surface area contributed by atoms with Crippen molar-refractivity contribution >= 4 is 67.5 Å². The van der Waals surface area contributed by atoms with E-state index in [0.29, 0.717) is 33.8 Å². The Morgan fingerprint density at radius 2 is 1.73 bits per heavy atom. The van der Waals surface area contributed by atoms with Crippen molar-refractivity contribution in [3.05, 3.63) is 94.6 Å². The topological polar surface area (TPSA) is 122 Å². The maximum absolute atomic E-state index is 13.9. The summed E-state index contributed by atoms with van der Waals surface area (Å²) >= 11 is 5.96. The van der Waals surface area contributed by atoms with Crippen LogP contribution in [0, 0.1) is 0 Å². The van der Waals surface area contributed by atoms with Crippen molar-refractivity contribution in [2.24, 2.45) is 0 Å². The Morgan fingerprint density at radius 3 is 2.40 bits per heavy atom. The molecular weight excluding hydrogens is 631 g/mol. The highest BCUT2D eigenvalue weighted by molar-refractivity contribution is 7.89. The highest BCUT2D eigenvalue weighted by atomic mass is 35.5. The third-order valence-corrected chi connectivity index (χ3v) is 7.91. The summed E-state index contributed by atoms with van der Waals surface area (Å²) < 4.78 is 66.5. The van der Waals surface area contributed by atoms with Crippen LogP contribution in [-0.2, 0) is 33.1 Å². The Kier molecular flexibility index (Phi) is 8.72. The smallest absolute Gasteiger partial charge is 0.327 e. The predicted molar refractivity (Wildman–Crippen MR) is 168 cm³/mol. The van der Waals surface area contributed by atoms with Crippen molar-refractivity contribution < 1.29 is 26.4 Å². The minimum absolute atomic E-state index is 0.0656. The number of carbonyl (C=O) groups excluding carboxylic acids is 1. The van der Waals surface area contributed by atoms with Gasteiger partial charge in [-0.25, -0.2) is 18.4 Å². The Hall–Kier alpha value is -4.69. The minimum atomic E-state index is -4.69. The number of nitrogens with zero attached hydrogens (tertiary/aromatic N) is 5. The van der Waals surface area contributed by atoms with Crippen LogP contribution in [0.1, 0.15) is 23.6 Å². The first-order chi connectivity index (χ1) is 21.2. The van der Waals surface area contributed by atoms with Crippen molar-refractivity contribution in [1.82, 2.24) is 19.5 Å². The zero-order chi connectivity index (χ0) is 32.5. The van der Waals surface area contributed by atoms with E-state index in [4.69, 9.17) is 11.6 Å². The van der Waals surface area contributed by atoms with Crippen molar-refractivity contribution in [3.63, 3.8) is 0 Å². The predicted octanol–water partition coefficient (Wildman–Crippen LogP) is 6.56. The van der Waals surface area contributed by atoms with E-state index < -0.39 is 32.5 Å². The number of alkyl halides is 3. The number of rotatable bonds is 9. The fourth-order valence-electron chi connectivity index (χ4n) is 4.84. The molecule has 2 aromatic heterocycles. The fourth-order valence-corrected chi connectivity index (χ4v) is 5.94. The number of hydrogen-bond acceptors (Lipinski definition) is 8. The number of halogens is 4. The number of carbonyl (C=O) groups is 1. The SMILES string of the molecule is CC(=O)Nc1nc2c(N(C)c3ccnc(Nc4ccc(CS(C)(=O)=O)cc4)n3)cccc2n1Cc1cccc(Cl)c1C(F)(F)F. The number of aromatic nitrogens is 4. The standard InChI is InChI=1S/C30H27ClF3N7O3S/c1-18(42)36-29-39-27-23(8-5-9-24(27)41(29)16-20-6-4-7-22(31)26(20)30(32,33)34)40(2)25-14-15-35-28(38-25)37-21-12-10-19(11-13-21)17-45(3,43)44/h4-15H,16-17H2,1-3H3,(H,35,37,38)(H,36,39,42). The first kappa shape index (κ1) is 31.7. The molecule has 3 aromatic carbocycles. The number of fused-ring (bicyclic) bond motifs is 1. The third-order valence-electron chi connectivity index (χ3n) is 6.74. The van der Waals surface area contributed by atoms with Gasteiger partial charge in [-0.2, -0.15) is 18.2 Å². The molecule has 5 rings (SSSR count). The highest BCUT2D eigenvalue weighted by Gasteiger charge is 2.36. The lowest BCUT2D eigenvalue weighted by atomic mass is 10.1. The number of hydrogen-bond donors (Lipinski definition) is 2. The van der Waals surface area contributed by atoms with Crippen LogP contribution in [0.3, 0.4) is 0 Å². The van der Waals surface area contributed by atoms with Gasteiger partial charge in [-0.05, 0) is 47.5 Å². The summed E-state index contributed by atoms with van der Waals surface area (Å²) in [6.07, 6.45) is -1.97. The minimum Gasteiger partial charge on any atom is -0.327 e. The molecule has 0 fully saturated rings. The Morgan fingerprint density at radius 1 is 1.02 bits per heavy atom. The molecule has 234 valence electrons. The molecule has 0 saturated carbocycles. The molecule has 0 saturated heterocycles. The molecule has 5 aromatic rings. The van der Waals surface area contributed by atoms with Crippen molar-refractivity contribution in [3.8, 4) is 0 Å². The second kappa shape index (κ2) is 12.4. The van der Waals surface area contributed by atoms with Crippen LogP contribution in [0.2, 0.25) is 5.02 Å². The molecule has 0 aliphatic heterocycles. The van der Waals surface area contributed by atoms with Gasteiger partial charge in [0.2, 0.25) is 17.8 Å². The van der Waals surface area contributed by atoms with Gasteiger partial charge in [-0.1, -0.05) is 41.9 Å². The van der Waals surface area contributed by atoms with Crippen LogP contribution in [0.15, 0.2) is 72.9 Å². The summed E-state index contributed by atoms with van der Waals surface area (Å²) in [4.78, 5) is 27.3. The van der Waals surface area contributed by atoms with Crippen LogP contribution >= 0.6 is 11.6 Å². The van der Waals surface area contributed by atoms with Gasteiger partial charge in [0.05, 0.1) is 34.1 Å². The molecule has 1 amide bonds. The average molecular weight is 658 g/mol. The second-order valence-corrected chi connectivity index (χ2v) is 12.9. The first-order valence-corrected chi connectivity index (χ1v) is 15.9. The number of para-hydroxylation sites is 1. The molecule has 0 bridgehead atoms. The summed E-state index contributed by atoms with van der Waals surface area (Å²) in [7, 11) is -1.42. The molecule has 0 radical (unpaired) electrons. The molecule has 15 heteroatoms. The summed E-state index contributed by atoms with van der Waals surface area (Å²) in [6, 6.07) is 17.7. The van der Waals surface area contributed by atoms with Gasteiger partial charge >= 0.3 is 6.18 Å². The normalized spacial score (nSPS) is 11.9. The number of amides is 1. The molecule has 0 spiro atoms. The third kappa shape index (κ3) is 7.35. The Bertz CT molecular complexity index is 2000. The molecule has 0 aliphatic carbocycles. The van der Waals surface area contributed by atoms with Crippen molar-refractivity contribution in [2.45, 2.75) is 25.4 Å². The summed E-state index contributed by atoms with van der Waals surface area (Å²) in [6.45, 7) is 1.02. The molecule has 2 N–H and O–H groups in total. The molecule has 2 heterocycles. The van der Waals surface area contributed by atoms with Crippen LogP contribution in [0.25, 0.3) is 11.0 Å². The number of anilines is 5. The number of imidazole rings is 1. The maximum atomic E-state index is 13.9. The molecule has 45 heavy (non-hydrogen) atoms. The zero-order valence-electron chi connectivity index (χ0n) is 24.2. The van der Waals surface area contributed by atoms with E-state index in [0.717, 1.165) is 0 Å². The van der Waals surface area contributed by atoms with Crippen LogP contribution in [0.5, 0.6) is 0 Å². The van der Waals surface area contributed by atoms with E-state index in [-0.39, 0.29) is 29.8 Å². The van der Waals surface area contributed by atoms with Gasteiger partial charge in [-0.15, -0.1) is 0 Å². The average Bonchev–Trinajstić information content (AvgIpc) is 3.28. The van der Waals surface area contributed by atoms with Gasteiger partial charge in [0, 0.05) is 32.1 Å². The van der Waals surface area contributed by atoms with E-state index in [1.165, 1.54) is 35.9 Å². The van der Waals surface area contributed by atoms with Crippen LogP contribution in [0.4, 0.5) is 42.3 Å². The largest absolute Gasteiger partial charge is 0.418 e. The van der Waals surface area contributed by atoms with Gasteiger partial charge in [0.1, 0.15) is 11.3 Å². The monoisotopic (exact) mass is 657 g/mol. The number of sulfone groups is 1. The van der Waals surface area contributed by atoms with E-state index >= 15 is 0 Å². The number of nitrogens with one attached hydrogen (secondary N) is 2. The van der Waals surface area contributed by atoms with Crippen LogP contribution < -0.4 is 15.5 Å². The zero-order valence-corrected chi connectivity index (χ0v) is 25.8. The molecular formula is C30H27ClF3N7O3S. The van der Waals surface area contributed by atoms with Gasteiger partial charge in [0.15, 0.2) is 9.84 Å². The summed E-state index contributed by atoms with van der Waals surface area (Å²) in [5, 5.41) is 5.29. The summed E-state index contributed by atoms with van der Waals surface area (Å²) in [5.74, 6) is 0.290. The highest BCUT2D eigenvalue weighted by Crippen LogP contribution is 2.39. The van der Waals surface area contributed by atoms with Crippen LogP contribution in [-0.4, -0.2) is 47.1 Å². The maximum Gasteiger partial charge on any atom is 0.418 e. The molecule has 0 unspecified atom stereocenters. The number of benzene rings is 3. The molecule has 10 nitrogen and oxygen atoms in total. The summed E-state index contributed by atoms with van der Waals surface area (Å²) in [5.41, 5.74) is 1.69. The van der Waals surface area contributed by atoms with Gasteiger partial charge < -0.3 is 14.8 Å². The molecule has 0 aliphatic rings. The lowest BCUT2D eigenvalue weighted by Crippen LogP contribution is -2.16. The lowest BCUT2D eigenvalue weighted by molar-refractivity contribution is -0.138. The lowest BCUT2D eigenvalue weighted by Gasteiger charge is -2.19. The van der Waals surface area contributed by atoms with Crippen molar-refractivity contribution in [1.29, 1.82) is 0 Å². The van der Waals surface area contributed by atoms with Gasteiger partial charge in [0.25, 0.3) is 0 Å². The first-order valence-electron chi connectivity index (χ1n) is 13.4. The van der Waals surface area contributed by atoms with E-state index in [9.17, 15) is 26.4 Å². The van der Waals surface area contributed by atoms with Crippen molar-refractivity contribution in [2.75, 3.05) is 28.8 Å².